The predicted molar refractivity (Wildman–Crippen MR) is 91.7 cm³/mol. The van der Waals surface area contributed by atoms with Gasteiger partial charge in [-0.1, -0.05) is 0 Å². The highest BCUT2D eigenvalue weighted by atomic mass is 32.2. The molecule has 7 heteroatoms. The summed E-state index contributed by atoms with van der Waals surface area (Å²) in [4.78, 5) is 0. The van der Waals surface area contributed by atoms with Gasteiger partial charge in [0, 0.05) is 34.0 Å². The van der Waals surface area contributed by atoms with Gasteiger partial charge in [-0.25, -0.2) is 0 Å². The minimum absolute atomic E-state index is 0.181. The van der Waals surface area contributed by atoms with E-state index in [2.05, 4.69) is 25.3 Å². The molecule has 0 bridgehead atoms. The number of thioether (sulfide) groups is 3. The first-order chi connectivity index (χ1) is 8.24. The minimum atomic E-state index is -0.284. The summed E-state index contributed by atoms with van der Waals surface area (Å²) in [5, 5.41) is 19.2. The third kappa shape index (κ3) is 12.4. The molecule has 2 nitrogen and oxygen atoms in total. The Morgan fingerprint density at radius 2 is 1.53 bits per heavy atom. The molecule has 0 aromatic rings. The van der Waals surface area contributed by atoms with Crippen LogP contribution in [0, 0.1) is 0 Å². The van der Waals surface area contributed by atoms with Gasteiger partial charge in [0.05, 0.1) is 12.7 Å². The third-order valence-electron chi connectivity index (χ3n) is 1.81. The fraction of sp³-hybridized carbons (Fsp3) is 1.00. The number of aliphatic hydroxyl groups is 2. The standard InChI is InChI=1S/C10H22O2S5/c11-5-10(8-16-4-2-14)17-7-9(12)6-15-3-1-13/h9-14H,1-8H2. The molecule has 0 rings (SSSR count). The zero-order valence-electron chi connectivity index (χ0n) is 9.83. The summed E-state index contributed by atoms with van der Waals surface area (Å²) in [5.74, 6) is 6.10. The first-order valence-corrected chi connectivity index (χ1v) is 10.1. The van der Waals surface area contributed by atoms with E-state index < -0.39 is 0 Å². The van der Waals surface area contributed by atoms with Crippen molar-refractivity contribution in [2.75, 3.05) is 46.9 Å². The van der Waals surface area contributed by atoms with Crippen LogP contribution in [-0.4, -0.2) is 68.4 Å². The number of hydrogen-bond donors (Lipinski definition) is 4. The quantitative estimate of drug-likeness (QED) is 0.323. The summed E-state index contributed by atoms with van der Waals surface area (Å²) < 4.78 is 0. The van der Waals surface area contributed by atoms with E-state index in [0.29, 0.717) is 5.75 Å². The van der Waals surface area contributed by atoms with Gasteiger partial charge in [0.2, 0.25) is 0 Å². The topological polar surface area (TPSA) is 40.5 Å². The molecular formula is C10H22O2S5. The van der Waals surface area contributed by atoms with Crippen molar-refractivity contribution in [3.05, 3.63) is 0 Å². The first kappa shape index (κ1) is 18.7. The summed E-state index contributed by atoms with van der Waals surface area (Å²) in [6, 6.07) is 0. The van der Waals surface area contributed by atoms with Crippen molar-refractivity contribution < 1.29 is 10.2 Å². The van der Waals surface area contributed by atoms with Gasteiger partial charge >= 0.3 is 0 Å². The van der Waals surface area contributed by atoms with Crippen LogP contribution in [0.2, 0.25) is 0 Å². The fourth-order valence-electron chi connectivity index (χ4n) is 1.01. The van der Waals surface area contributed by atoms with Crippen molar-refractivity contribution in [2.24, 2.45) is 0 Å². The van der Waals surface area contributed by atoms with E-state index in [9.17, 15) is 10.2 Å². The van der Waals surface area contributed by atoms with Crippen LogP contribution in [0.1, 0.15) is 0 Å². The number of rotatable bonds is 12. The highest BCUT2D eigenvalue weighted by Crippen LogP contribution is 2.18. The lowest BCUT2D eigenvalue weighted by Gasteiger charge is -2.16. The lowest BCUT2D eigenvalue weighted by Crippen LogP contribution is -2.20. The van der Waals surface area contributed by atoms with Crippen molar-refractivity contribution >= 4 is 60.5 Å². The second-order valence-electron chi connectivity index (χ2n) is 3.39. The Kier molecular flexibility index (Phi) is 15.5. The van der Waals surface area contributed by atoms with Gasteiger partial charge < -0.3 is 10.2 Å². The van der Waals surface area contributed by atoms with E-state index in [1.54, 1.807) is 35.3 Å². The van der Waals surface area contributed by atoms with Crippen molar-refractivity contribution in [1.82, 2.24) is 0 Å². The Hall–Kier alpha value is 1.67. The smallest absolute Gasteiger partial charge is 0.0721 e. The average Bonchev–Trinajstić information content (AvgIpc) is 2.34. The first-order valence-electron chi connectivity index (χ1n) is 5.52. The average molecular weight is 335 g/mol. The molecule has 0 aliphatic heterocycles. The highest BCUT2D eigenvalue weighted by molar-refractivity contribution is 8.03. The molecule has 104 valence electrons. The summed E-state index contributed by atoms with van der Waals surface area (Å²) in [7, 11) is 0. The molecule has 0 aromatic heterocycles. The molecule has 0 spiro atoms. The van der Waals surface area contributed by atoms with Gasteiger partial charge in [-0.15, -0.1) is 0 Å². The van der Waals surface area contributed by atoms with Gasteiger partial charge in [-0.3, -0.25) is 0 Å². The lowest BCUT2D eigenvalue weighted by molar-refractivity contribution is 0.224. The molecule has 0 saturated heterocycles. The van der Waals surface area contributed by atoms with Gasteiger partial charge in [-0.2, -0.15) is 60.5 Å². The molecule has 0 heterocycles. The third-order valence-corrected chi connectivity index (χ3v) is 6.69. The zero-order valence-corrected chi connectivity index (χ0v) is 14.1. The lowest BCUT2D eigenvalue weighted by atomic mass is 10.5. The van der Waals surface area contributed by atoms with Gasteiger partial charge in [-0.05, 0) is 11.5 Å². The van der Waals surface area contributed by atoms with Crippen LogP contribution in [0.3, 0.4) is 0 Å². The van der Waals surface area contributed by atoms with E-state index in [0.717, 1.165) is 34.5 Å². The fourth-order valence-corrected chi connectivity index (χ4v) is 4.68. The van der Waals surface area contributed by atoms with Crippen LogP contribution in [0.4, 0.5) is 0 Å². The molecular weight excluding hydrogens is 312 g/mol. The van der Waals surface area contributed by atoms with Crippen LogP contribution in [0.15, 0.2) is 0 Å². The van der Waals surface area contributed by atoms with Crippen LogP contribution in [-0.2, 0) is 0 Å². The number of aliphatic hydroxyl groups excluding tert-OH is 2. The van der Waals surface area contributed by atoms with Crippen molar-refractivity contribution in [1.29, 1.82) is 0 Å². The molecule has 2 N–H and O–H groups in total. The maximum absolute atomic E-state index is 9.72. The Morgan fingerprint density at radius 1 is 0.941 bits per heavy atom. The van der Waals surface area contributed by atoms with Crippen LogP contribution < -0.4 is 0 Å². The van der Waals surface area contributed by atoms with E-state index in [1.807, 2.05) is 0 Å². The van der Waals surface area contributed by atoms with Crippen molar-refractivity contribution in [3.63, 3.8) is 0 Å². The highest BCUT2D eigenvalue weighted by Gasteiger charge is 2.11. The molecule has 0 radical (unpaired) electrons. The number of thiol groups is 2. The molecule has 0 aromatic carbocycles. The molecule has 0 aliphatic carbocycles. The molecule has 17 heavy (non-hydrogen) atoms. The van der Waals surface area contributed by atoms with Gasteiger partial charge in [0.15, 0.2) is 0 Å². The summed E-state index contributed by atoms with van der Waals surface area (Å²) in [5.41, 5.74) is 0. The van der Waals surface area contributed by atoms with Crippen molar-refractivity contribution in [2.45, 2.75) is 11.4 Å². The Balaban J connectivity index is 3.52. The van der Waals surface area contributed by atoms with Crippen LogP contribution in [0.5, 0.6) is 0 Å². The Labute approximate surface area is 128 Å². The Bertz CT molecular complexity index is 162. The maximum Gasteiger partial charge on any atom is 0.0721 e. The normalized spacial score (nSPS) is 14.8. The SMILES string of the molecule is OCC(CSCCS)SCC(O)CSCCS. The van der Waals surface area contributed by atoms with Crippen LogP contribution in [0.25, 0.3) is 0 Å². The van der Waals surface area contributed by atoms with Gasteiger partial charge in [0.25, 0.3) is 0 Å². The van der Waals surface area contributed by atoms with Crippen LogP contribution >= 0.6 is 60.5 Å². The maximum atomic E-state index is 9.72. The minimum Gasteiger partial charge on any atom is -0.395 e. The molecule has 0 saturated carbocycles. The summed E-state index contributed by atoms with van der Waals surface area (Å²) >= 11 is 13.5. The zero-order chi connectivity index (χ0) is 12.9. The largest absolute Gasteiger partial charge is 0.395 e. The van der Waals surface area contributed by atoms with Gasteiger partial charge in [0.1, 0.15) is 0 Å². The summed E-state index contributed by atoms with van der Waals surface area (Å²) in [6.07, 6.45) is -0.284. The number of hydrogen-bond acceptors (Lipinski definition) is 7. The summed E-state index contributed by atoms with van der Waals surface area (Å²) in [6.45, 7) is 0.181. The van der Waals surface area contributed by atoms with E-state index in [-0.39, 0.29) is 18.0 Å². The second-order valence-corrected chi connectivity index (χ2v) is 7.92. The predicted octanol–water partition coefficient (Wildman–Crippen LogP) is 1.77. The molecule has 0 fully saturated rings. The molecule has 2 atom stereocenters. The molecule has 0 amide bonds. The monoisotopic (exact) mass is 334 g/mol. The van der Waals surface area contributed by atoms with E-state index in [4.69, 9.17) is 0 Å². The second kappa shape index (κ2) is 14.1. The molecule has 2 unspecified atom stereocenters. The van der Waals surface area contributed by atoms with E-state index in [1.165, 1.54) is 0 Å². The molecule has 0 aliphatic rings. The Morgan fingerprint density at radius 3 is 2.06 bits per heavy atom. The van der Waals surface area contributed by atoms with E-state index >= 15 is 0 Å². The van der Waals surface area contributed by atoms with Crippen molar-refractivity contribution in [3.8, 4) is 0 Å².